The van der Waals surface area contributed by atoms with Gasteiger partial charge in [-0.15, -0.1) is 0 Å². The average molecular weight is 274 g/mol. The van der Waals surface area contributed by atoms with Crippen molar-refractivity contribution in [2.75, 3.05) is 6.54 Å². The minimum absolute atomic E-state index is 0.0858. The lowest BCUT2D eigenvalue weighted by molar-refractivity contribution is 0.427. The molecular weight excluding hydrogens is 257 g/mol. The Labute approximate surface area is 99.2 Å². The van der Waals surface area contributed by atoms with E-state index in [0.29, 0.717) is 6.42 Å². The molecule has 0 atom stereocenters. The number of halogens is 2. The standard InChI is InChI=1S/C12H17BrFN/c1-12(2,3)15-7-6-9-8-10(13)4-5-11(9)14/h4-5,8,15H,6-7H2,1-3H3. The molecule has 0 unspecified atom stereocenters. The van der Waals surface area contributed by atoms with Crippen LogP contribution >= 0.6 is 15.9 Å². The van der Waals surface area contributed by atoms with E-state index in [2.05, 4.69) is 42.0 Å². The monoisotopic (exact) mass is 273 g/mol. The van der Waals surface area contributed by atoms with Crippen molar-refractivity contribution in [2.24, 2.45) is 0 Å². The van der Waals surface area contributed by atoms with Gasteiger partial charge >= 0.3 is 0 Å². The summed E-state index contributed by atoms with van der Waals surface area (Å²) in [6, 6.07) is 5.05. The Kier molecular flexibility index (Phi) is 4.29. The Balaban J connectivity index is 2.54. The van der Waals surface area contributed by atoms with E-state index in [-0.39, 0.29) is 11.4 Å². The Morgan fingerprint density at radius 1 is 1.33 bits per heavy atom. The second-order valence-electron chi connectivity index (χ2n) is 4.66. The lowest BCUT2D eigenvalue weighted by atomic mass is 10.1. The van der Waals surface area contributed by atoms with Crippen LogP contribution in [0.2, 0.25) is 0 Å². The lowest BCUT2D eigenvalue weighted by Crippen LogP contribution is -2.37. The molecule has 0 saturated carbocycles. The van der Waals surface area contributed by atoms with Gasteiger partial charge in [-0.2, -0.15) is 0 Å². The summed E-state index contributed by atoms with van der Waals surface area (Å²) in [5.74, 6) is -0.131. The number of hydrogen-bond acceptors (Lipinski definition) is 1. The summed E-state index contributed by atoms with van der Waals surface area (Å²) < 4.78 is 14.3. The molecule has 0 heterocycles. The molecule has 1 aromatic carbocycles. The van der Waals surface area contributed by atoms with Crippen LogP contribution in [0.5, 0.6) is 0 Å². The van der Waals surface area contributed by atoms with Gasteiger partial charge in [0.2, 0.25) is 0 Å². The van der Waals surface area contributed by atoms with E-state index in [1.165, 1.54) is 6.07 Å². The maximum atomic E-state index is 13.3. The molecule has 0 aliphatic rings. The Bertz CT molecular complexity index is 331. The van der Waals surface area contributed by atoms with Crippen molar-refractivity contribution >= 4 is 15.9 Å². The van der Waals surface area contributed by atoms with Gasteiger partial charge in [0.1, 0.15) is 5.82 Å². The van der Waals surface area contributed by atoms with Crippen LogP contribution in [0, 0.1) is 5.82 Å². The Morgan fingerprint density at radius 3 is 2.60 bits per heavy atom. The van der Waals surface area contributed by atoms with E-state index < -0.39 is 0 Å². The molecule has 0 saturated heterocycles. The van der Waals surface area contributed by atoms with Gasteiger partial charge in [-0.1, -0.05) is 15.9 Å². The molecule has 0 aliphatic carbocycles. The molecule has 1 rings (SSSR count). The highest BCUT2D eigenvalue weighted by Crippen LogP contribution is 2.15. The van der Waals surface area contributed by atoms with Crippen LogP contribution < -0.4 is 5.32 Å². The van der Waals surface area contributed by atoms with Gasteiger partial charge in [0, 0.05) is 10.0 Å². The molecule has 15 heavy (non-hydrogen) atoms. The number of nitrogens with one attached hydrogen (secondary N) is 1. The Hall–Kier alpha value is -0.410. The molecule has 0 spiro atoms. The fraction of sp³-hybridized carbons (Fsp3) is 0.500. The van der Waals surface area contributed by atoms with Crippen molar-refractivity contribution in [3.8, 4) is 0 Å². The van der Waals surface area contributed by atoms with E-state index >= 15 is 0 Å². The number of hydrogen-bond donors (Lipinski definition) is 1. The topological polar surface area (TPSA) is 12.0 Å². The van der Waals surface area contributed by atoms with E-state index in [9.17, 15) is 4.39 Å². The van der Waals surface area contributed by atoms with Crippen LogP contribution in [0.3, 0.4) is 0 Å². The van der Waals surface area contributed by atoms with Crippen molar-refractivity contribution in [3.63, 3.8) is 0 Å². The van der Waals surface area contributed by atoms with Gasteiger partial charge in [-0.05, 0) is 57.5 Å². The van der Waals surface area contributed by atoms with Crippen LogP contribution in [-0.4, -0.2) is 12.1 Å². The summed E-state index contributed by atoms with van der Waals surface area (Å²) in [6.07, 6.45) is 0.711. The zero-order valence-corrected chi connectivity index (χ0v) is 11.0. The zero-order chi connectivity index (χ0) is 11.5. The fourth-order valence-electron chi connectivity index (χ4n) is 1.31. The smallest absolute Gasteiger partial charge is 0.126 e. The number of benzene rings is 1. The molecule has 0 fully saturated rings. The maximum absolute atomic E-state index is 13.3. The summed E-state index contributed by atoms with van der Waals surface area (Å²) in [5.41, 5.74) is 0.837. The van der Waals surface area contributed by atoms with Gasteiger partial charge in [-0.25, -0.2) is 4.39 Å². The van der Waals surface area contributed by atoms with Crippen LogP contribution in [0.15, 0.2) is 22.7 Å². The van der Waals surface area contributed by atoms with Gasteiger partial charge in [0.05, 0.1) is 0 Å². The first-order chi connectivity index (χ1) is 6.88. The minimum atomic E-state index is -0.131. The molecule has 0 aromatic heterocycles. The van der Waals surface area contributed by atoms with Crippen molar-refractivity contribution in [1.82, 2.24) is 5.32 Å². The fourth-order valence-corrected chi connectivity index (χ4v) is 1.72. The van der Waals surface area contributed by atoms with Crippen LogP contribution in [0.25, 0.3) is 0 Å². The first kappa shape index (κ1) is 12.7. The predicted octanol–water partition coefficient (Wildman–Crippen LogP) is 3.52. The van der Waals surface area contributed by atoms with E-state index in [4.69, 9.17) is 0 Å². The Morgan fingerprint density at radius 2 is 2.00 bits per heavy atom. The molecule has 3 heteroatoms. The first-order valence-corrected chi connectivity index (χ1v) is 5.87. The third kappa shape index (κ3) is 4.76. The van der Waals surface area contributed by atoms with Crippen LogP contribution in [-0.2, 0) is 6.42 Å². The molecular formula is C12H17BrFN. The SMILES string of the molecule is CC(C)(C)NCCc1cc(Br)ccc1F. The minimum Gasteiger partial charge on any atom is -0.312 e. The van der Waals surface area contributed by atoms with Gasteiger partial charge in [0.15, 0.2) is 0 Å². The average Bonchev–Trinajstić information content (AvgIpc) is 2.09. The summed E-state index contributed by atoms with van der Waals surface area (Å²) in [4.78, 5) is 0. The third-order valence-corrected chi connectivity index (χ3v) is 2.55. The highest BCUT2D eigenvalue weighted by atomic mass is 79.9. The maximum Gasteiger partial charge on any atom is 0.126 e. The molecule has 1 N–H and O–H groups in total. The summed E-state index contributed by atoms with van der Waals surface area (Å²) in [6.45, 7) is 7.09. The molecule has 0 amide bonds. The van der Waals surface area contributed by atoms with Gasteiger partial charge < -0.3 is 5.32 Å². The highest BCUT2D eigenvalue weighted by molar-refractivity contribution is 9.10. The van der Waals surface area contributed by atoms with Crippen LogP contribution in [0.1, 0.15) is 26.3 Å². The van der Waals surface area contributed by atoms with Crippen molar-refractivity contribution in [3.05, 3.63) is 34.1 Å². The van der Waals surface area contributed by atoms with Gasteiger partial charge in [0.25, 0.3) is 0 Å². The third-order valence-electron chi connectivity index (χ3n) is 2.06. The predicted molar refractivity (Wildman–Crippen MR) is 65.6 cm³/mol. The quantitative estimate of drug-likeness (QED) is 0.889. The van der Waals surface area contributed by atoms with E-state index in [1.807, 2.05) is 6.07 Å². The first-order valence-electron chi connectivity index (χ1n) is 5.07. The molecule has 1 aromatic rings. The summed E-state index contributed by atoms with van der Waals surface area (Å²) in [7, 11) is 0. The molecule has 1 nitrogen and oxygen atoms in total. The van der Waals surface area contributed by atoms with Crippen molar-refractivity contribution in [2.45, 2.75) is 32.7 Å². The highest BCUT2D eigenvalue weighted by Gasteiger charge is 2.09. The van der Waals surface area contributed by atoms with Crippen molar-refractivity contribution < 1.29 is 4.39 Å². The summed E-state index contributed by atoms with van der Waals surface area (Å²) in [5, 5.41) is 3.34. The second-order valence-corrected chi connectivity index (χ2v) is 5.58. The second kappa shape index (κ2) is 5.08. The number of rotatable bonds is 3. The molecule has 0 radical (unpaired) electrons. The van der Waals surface area contributed by atoms with Gasteiger partial charge in [-0.3, -0.25) is 0 Å². The molecule has 84 valence electrons. The molecule has 0 bridgehead atoms. The van der Waals surface area contributed by atoms with E-state index in [1.54, 1.807) is 6.07 Å². The normalized spacial score (nSPS) is 11.8. The molecule has 0 aliphatic heterocycles. The van der Waals surface area contributed by atoms with Crippen molar-refractivity contribution in [1.29, 1.82) is 0 Å². The summed E-state index contributed by atoms with van der Waals surface area (Å²) >= 11 is 3.34. The van der Waals surface area contributed by atoms with E-state index in [0.717, 1.165) is 16.6 Å². The zero-order valence-electron chi connectivity index (χ0n) is 9.40. The van der Waals surface area contributed by atoms with Crippen LogP contribution in [0.4, 0.5) is 4.39 Å². The lowest BCUT2D eigenvalue weighted by Gasteiger charge is -2.20. The largest absolute Gasteiger partial charge is 0.312 e.